The molecular weight excluding hydrogens is 341 g/mol. The van der Waals surface area contributed by atoms with Crippen LogP contribution in [-0.2, 0) is 11.2 Å². The quantitative estimate of drug-likeness (QED) is 0.901. The van der Waals surface area contributed by atoms with Crippen LogP contribution in [-0.4, -0.2) is 38.9 Å². The van der Waals surface area contributed by atoms with Gasteiger partial charge in [-0.3, -0.25) is 0 Å². The highest BCUT2D eigenvalue weighted by Gasteiger charge is 2.24. The topological polar surface area (TPSA) is 48.3 Å². The lowest BCUT2D eigenvalue weighted by Gasteiger charge is -2.37. The Balaban J connectivity index is 1.71. The van der Waals surface area contributed by atoms with Crippen molar-refractivity contribution in [1.82, 2.24) is 5.32 Å². The average Bonchev–Trinajstić information content (AvgIpc) is 2.90. The molecule has 0 saturated carbocycles. The minimum Gasteiger partial charge on any atom is -0.377 e. The highest BCUT2D eigenvalue weighted by molar-refractivity contribution is 5.82. The summed E-state index contributed by atoms with van der Waals surface area (Å²) in [6.45, 7) is 4.69. The van der Waals surface area contributed by atoms with E-state index in [1.54, 1.807) is 6.07 Å². The van der Waals surface area contributed by atoms with E-state index >= 15 is 0 Å². The zero-order valence-corrected chi connectivity index (χ0v) is 15.4. The van der Waals surface area contributed by atoms with Crippen LogP contribution < -0.4 is 10.2 Å². The number of nitrogens with zero attached hydrogens (tertiary/aromatic N) is 2. The molecule has 0 amide bonds. The van der Waals surface area contributed by atoms with Gasteiger partial charge in [0.15, 0.2) is 0 Å². The van der Waals surface area contributed by atoms with Crippen LogP contribution in [0.5, 0.6) is 0 Å². The maximum atomic E-state index is 14.2. The second-order valence-corrected chi connectivity index (χ2v) is 7.21. The summed E-state index contributed by atoms with van der Waals surface area (Å²) in [7, 11) is 0. The zero-order chi connectivity index (χ0) is 18.6. The number of rotatable bonds is 4. The van der Waals surface area contributed by atoms with Crippen molar-refractivity contribution in [3.05, 3.63) is 53.3 Å². The smallest absolute Gasteiger partial charge is 0.141 e. The monoisotopic (exact) mass is 365 g/mol. The van der Waals surface area contributed by atoms with Crippen molar-refractivity contribution in [1.29, 1.82) is 5.26 Å². The van der Waals surface area contributed by atoms with E-state index in [-0.39, 0.29) is 11.7 Å². The molecule has 1 atom stereocenters. The average molecular weight is 365 g/mol. The summed E-state index contributed by atoms with van der Waals surface area (Å²) in [4.78, 5) is 2.37. The standard InChI is InChI=1S/C22H24FN3O/c23-21-13-16(6-7-18(21)14-24)20-5-1-4-17(22(20)26-9-3-10-26)12-19-15-25-8-2-11-27-19/h1,4-7,13,19,25H,2-3,8-12,15H2. The van der Waals surface area contributed by atoms with Crippen molar-refractivity contribution in [3.63, 3.8) is 0 Å². The fourth-order valence-corrected chi connectivity index (χ4v) is 3.82. The summed E-state index contributed by atoms with van der Waals surface area (Å²) >= 11 is 0. The molecule has 1 N–H and O–H groups in total. The Morgan fingerprint density at radius 2 is 2.11 bits per heavy atom. The molecule has 2 heterocycles. The normalized spacial score (nSPS) is 19.9. The van der Waals surface area contributed by atoms with Gasteiger partial charge in [-0.25, -0.2) is 4.39 Å². The van der Waals surface area contributed by atoms with Gasteiger partial charge in [-0.1, -0.05) is 24.3 Å². The van der Waals surface area contributed by atoms with Crippen LogP contribution in [0.1, 0.15) is 24.0 Å². The van der Waals surface area contributed by atoms with Crippen molar-refractivity contribution >= 4 is 5.69 Å². The van der Waals surface area contributed by atoms with Gasteiger partial charge in [0.1, 0.15) is 11.9 Å². The first kappa shape index (κ1) is 18.0. The van der Waals surface area contributed by atoms with Crippen LogP contribution in [0.2, 0.25) is 0 Å². The van der Waals surface area contributed by atoms with Gasteiger partial charge in [-0.05, 0) is 42.6 Å². The van der Waals surface area contributed by atoms with Crippen LogP contribution in [0.25, 0.3) is 11.1 Å². The van der Waals surface area contributed by atoms with Gasteiger partial charge in [0.25, 0.3) is 0 Å². The number of ether oxygens (including phenoxy) is 1. The van der Waals surface area contributed by atoms with Crippen LogP contribution in [0.3, 0.4) is 0 Å². The van der Waals surface area contributed by atoms with Crippen molar-refractivity contribution in [3.8, 4) is 17.2 Å². The van der Waals surface area contributed by atoms with Crippen LogP contribution in [0.4, 0.5) is 10.1 Å². The van der Waals surface area contributed by atoms with E-state index in [0.717, 1.165) is 56.8 Å². The Hall–Kier alpha value is -2.42. The third-order valence-electron chi connectivity index (χ3n) is 5.36. The predicted molar refractivity (Wildman–Crippen MR) is 104 cm³/mol. The number of benzene rings is 2. The number of para-hydroxylation sites is 1. The Labute approximate surface area is 159 Å². The lowest BCUT2D eigenvalue weighted by atomic mass is 9.94. The Kier molecular flexibility index (Phi) is 5.38. The second-order valence-electron chi connectivity index (χ2n) is 7.21. The highest BCUT2D eigenvalue weighted by Crippen LogP contribution is 2.37. The van der Waals surface area contributed by atoms with E-state index in [9.17, 15) is 4.39 Å². The van der Waals surface area contributed by atoms with Gasteiger partial charge in [-0.15, -0.1) is 0 Å². The third kappa shape index (κ3) is 3.83. The fraction of sp³-hybridized carbons (Fsp3) is 0.409. The van der Waals surface area contributed by atoms with E-state index in [1.807, 2.05) is 24.3 Å². The molecule has 2 aliphatic heterocycles. The first-order valence-corrected chi connectivity index (χ1v) is 9.65. The number of hydrogen-bond acceptors (Lipinski definition) is 4. The zero-order valence-electron chi connectivity index (χ0n) is 15.4. The van der Waals surface area contributed by atoms with Crippen molar-refractivity contribution in [2.24, 2.45) is 0 Å². The summed E-state index contributed by atoms with van der Waals surface area (Å²) in [5, 5.41) is 12.4. The first-order chi connectivity index (χ1) is 13.3. The SMILES string of the molecule is N#Cc1ccc(-c2cccc(CC3CNCCCO3)c2N2CCC2)cc1F. The lowest BCUT2D eigenvalue weighted by molar-refractivity contribution is 0.0676. The van der Waals surface area contributed by atoms with E-state index < -0.39 is 5.82 Å². The van der Waals surface area contributed by atoms with Crippen molar-refractivity contribution < 1.29 is 9.13 Å². The van der Waals surface area contributed by atoms with E-state index in [0.29, 0.717) is 0 Å². The minimum atomic E-state index is -0.466. The molecule has 0 radical (unpaired) electrons. The number of nitriles is 1. The summed E-state index contributed by atoms with van der Waals surface area (Å²) in [6.07, 6.45) is 3.21. The minimum absolute atomic E-state index is 0.0818. The summed E-state index contributed by atoms with van der Waals surface area (Å²) < 4.78 is 20.2. The number of nitrogens with one attached hydrogen (secondary N) is 1. The van der Waals surface area contributed by atoms with Gasteiger partial charge in [-0.2, -0.15) is 5.26 Å². The molecule has 2 aromatic carbocycles. The Morgan fingerprint density at radius 1 is 1.22 bits per heavy atom. The lowest BCUT2D eigenvalue weighted by Crippen LogP contribution is -2.38. The van der Waals surface area contributed by atoms with E-state index in [4.69, 9.17) is 10.00 Å². The maximum absolute atomic E-state index is 14.2. The number of hydrogen-bond donors (Lipinski definition) is 1. The highest BCUT2D eigenvalue weighted by atomic mass is 19.1. The molecule has 4 nitrogen and oxygen atoms in total. The molecule has 5 heteroatoms. The Bertz CT molecular complexity index is 849. The molecule has 4 rings (SSSR count). The predicted octanol–water partition coefficient (Wildman–Crippen LogP) is 3.50. The molecule has 2 aromatic rings. The Morgan fingerprint density at radius 3 is 2.85 bits per heavy atom. The summed E-state index contributed by atoms with van der Waals surface area (Å²) in [5.41, 5.74) is 4.34. The number of halogens is 1. The molecule has 27 heavy (non-hydrogen) atoms. The molecule has 0 spiro atoms. The number of anilines is 1. The molecule has 0 aromatic heterocycles. The molecule has 2 saturated heterocycles. The maximum Gasteiger partial charge on any atom is 0.141 e. The second kappa shape index (κ2) is 8.08. The molecule has 0 aliphatic carbocycles. The molecule has 2 aliphatic rings. The van der Waals surface area contributed by atoms with Crippen LogP contribution in [0, 0.1) is 17.1 Å². The van der Waals surface area contributed by atoms with E-state index in [1.165, 1.54) is 23.7 Å². The van der Waals surface area contributed by atoms with Crippen molar-refractivity contribution in [2.45, 2.75) is 25.4 Å². The molecule has 1 unspecified atom stereocenters. The van der Waals surface area contributed by atoms with E-state index in [2.05, 4.69) is 16.3 Å². The molecule has 140 valence electrons. The molecule has 2 fully saturated rings. The van der Waals surface area contributed by atoms with Crippen LogP contribution >= 0.6 is 0 Å². The summed E-state index contributed by atoms with van der Waals surface area (Å²) in [5.74, 6) is -0.466. The van der Waals surface area contributed by atoms with Crippen LogP contribution in [0.15, 0.2) is 36.4 Å². The molecule has 0 bridgehead atoms. The van der Waals surface area contributed by atoms with Gasteiger partial charge < -0.3 is 15.0 Å². The first-order valence-electron chi connectivity index (χ1n) is 9.65. The molecular formula is C22H24FN3O. The van der Waals surface area contributed by atoms with Gasteiger partial charge >= 0.3 is 0 Å². The van der Waals surface area contributed by atoms with Gasteiger partial charge in [0.2, 0.25) is 0 Å². The van der Waals surface area contributed by atoms with Gasteiger partial charge in [0, 0.05) is 43.9 Å². The largest absolute Gasteiger partial charge is 0.377 e. The van der Waals surface area contributed by atoms with Crippen molar-refractivity contribution in [2.75, 3.05) is 37.7 Å². The summed E-state index contributed by atoms with van der Waals surface area (Å²) in [6, 6.07) is 13.0. The third-order valence-corrected chi connectivity index (χ3v) is 5.36. The van der Waals surface area contributed by atoms with Gasteiger partial charge in [0.05, 0.1) is 11.7 Å². The fourth-order valence-electron chi connectivity index (χ4n) is 3.82.